The molecule has 4 aliphatic heterocycles. The number of rotatable bonds is 3. The molecule has 0 aromatic heterocycles. The van der Waals surface area contributed by atoms with Crippen molar-refractivity contribution in [1.29, 1.82) is 0 Å². The number of fused-ring (bicyclic) bond motifs is 2. The molecular weight excluding hydrogens is 364 g/mol. The Labute approximate surface area is 171 Å². The SMILES string of the molecule is COc1ccc(C2CN(C(=O)c3ccc(C)c(O)c3)C3C4CCN(CC4)C23)cc1. The van der Waals surface area contributed by atoms with E-state index in [1.807, 2.05) is 31.2 Å². The quantitative estimate of drug-likeness (QED) is 0.870. The molecule has 1 N–H and O–H groups in total. The Morgan fingerprint density at radius 1 is 1.07 bits per heavy atom. The van der Waals surface area contributed by atoms with Crippen LogP contribution < -0.4 is 4.74 Å². The van der Waals surface area contributed by atoms with Gasteiger partial charge in [-0.05, 0) is 74.2 Å². The highest BCUT2D eigenvalue weighted by Gasteiger charge is 2.54. The summed E-state index contributed by atoms with van der Waals surface area (Å²) in [5.74, 6) is 1.96. The molecule has 3 atom stereocenters. The summed E-state index contributed by atoms with van der Waals surface area (Å²) >= 11 is 0. The van der Waals surface area contributed by atoms with Gasteiger partial charge in [-0.2, -0.15) is 0 Å². The van der Waals surface area contributed by atoms with Gasteiger partial charge in [0.1, 0.15) is 11.5 Å². The number of carbonyl (C=O) groups excluding carboxylic acids is 1. The summed E-state index contributed by atoms with van der Waals surface area (Å²) < 4.78 is 5.33. The molecule has 0 spiro atoms. The molecule has 5 heteroatoms. The first kappa shape index (κ1) is 18.5. The average molecular weight is 392 g/mol. The molecule has 4 aliphatic rings. The first-order valence-electron chi connectivity index (χ1n) is 10.6. The number of piperidine rings is 3. The molecular formula is C24H28N2O3. The van der Waals surface area contributed by atoms with E-state index < -0.39 is 0 Å². The van der Waals surface area contributed by atoms with Gasteiger partial charge in [-0.25, -0.2) is 0 Å². The Hall–Kier alpha value is -2.53. The fourth-order valence-corrected chi connectivity index (χ4v) is 5.71. The largest absolute Gasteiger partial charge is 0.508 e. The fraction of sp³-hybridized carbons (Fsp3) is 0.458. The van der Waals surface area contributed by atoms with Gasteiger partial charge in [-0.15, -0.1) is 0 Å². The number of aromatic hydroxyl groups is 1. The van der Waals surface area contributed by atoms with Crippen molar-refractivity contribution in [1.82, 2.24) is 9.80 Å². The van der Waals surface area contributed by atoms with Gasteiger partial charge in [-0.3, -0.25) is 9.69 Å². The summed E-state index contributed by atoms with van der Waals surface area (Å²) in [6.07, 6.45) is 2.33. The van der Waals surface area contributed by atoms with Crippen molar-refractivity contribution in [3.8, 4) is 11.5 Å². The van der Waals surface area contributed by atoms with Crippen molar-refractivity contribution >= 4 is 5.91 Å². The number of hydrogen-bond donors (Lipinski definition) is 1. The normalized spacial score (nSPS) is 30.3. The molecule has 29 heavy (non-hydrogen) atoms. The van der Waals surface area contributed by atoms with Crippen molar-refractivity contribution in [3.63, 3.8) is 0 Å². The Balaban J connectivity index is 1.50. The monoisotopic (exact) mass is 392 g/mol. The second kappa shape index (κ2) is 7.06. The smallest absolute Gasteiger partial charge is 0.254 e. The van der Waals surface area contributed by atoms with Crippen LogP contribution in [0.15, 0.2) is 42.5 Å². The second-order valence-electron chi connectivity index (χ2n) is 8.69. The van der Waals surface area contributed by atoms with Crippen LogP contribution in [-0.4, -0.2) is 59.6 Å². The van der Waals surface area contributed by atoms with Gasteiger partial charge in [0.2, 0.25) is 0 Å². The number of methoxy groups -OCH3 is 1. The number of phenols is 1. The van der Waals surface area contributed by atoms with Crippen LogP contribution in [0.4, 0.5) is 0 Å². The van der Waals surface area contributed by atoms with E-state index in [4.69, 9.17) is 4.74 Å². The molecule has 5 nitrogen and oxygen atoms in total. The van der Waals surface area contributed by atoms with Crippen LogP contribution in [0.5, 0.6) is 11.5 Å². The first-order chi connectivity index (χ1) is 14.1. The summed E-state index contributed by atoms with van der Waals surface area (Å²) in [6.45, 7) is 4.84. The lowest BCUT2D eigenvalue weighted by atomic mass is 9.75. The summed E-state index contributed by atoms with van der Waals surface area (Å²) in [7, 11) is 1.68. The number of ether oxygens (including phenoxy) is 1. The molecule has 4 heterocycles. The minimum atomic E-state index is 0.0417. The van der Waals surface area contributed by atoms with Crippen LogP contribution in [0.3, 0.4) is 0 Å². The van der Waals surface area contributed by atoms with Crippen LogP contribution in [-0.2, 0) is 0 Å². The Morgan fingerprint density at radius 3 is 2.45 bits per heavy atom. The van der Waals surface area contributed by atoms with Crippen molar-refractivity contribution in [3.05, 3.63) is 59.2 Å². The van der Waals surface area contributed by atoms with E-state index in [9.17, 15) is 9.90 Å². The van der Waals surface area contributed by atoms with Crippen molar-refractivity contribution in [2.75, 3.05) is 26.7 Å². The number of carbonyl (C=O) groups is 1. The highest BCUT2D eigenvalue weighted by molar-refractivity contribution is 5.95. The Bertz CT molecular complexity index is 918. The summed E-state index contributed by atoms with van der Waals surface area (Å²) in [5, 5.41) is 10.1. The van der Waals surface area contributed by atoms with Crippen LogP contribution in [0, 0.1) is 12.8 Å². The van der Waals surface area contributed by atoms with E-state index in [0.717, 1.165) is 30.9 Å². The van der Waals surface area contributed by atoms with Gasteiger partial charge in [0.25, 0.3) is 5.91 Å². The zero-order chi connectivity index (χ0) is 20.1. The van der Waals surface area contributed by atoms with Crippen LogP contribution in [0.1, 0.15) is 40.2 Å². The Morgan fingerprint density at radius 2 is 1.79 bits per heavy atom. The highest BCUT2D eigenvalue weighted by Crippen LogP contribution is 2.47. The van der Waals surface area contributed by atoms with Crippen LogP contribution in [0.25, 0.3) is 0 Å². The number of nitrogens with zero attached hydrogens (tertiary/aromatic N) is 2. The molecule has 4 fully saturated rings. The van der Waals surface area contributed by atoms with Crippen molar-refractivity contribution in [2.24, 2.45) is 5.92 Å². The molecule has 2 aromatic rings. The fourth-order valence-electron chi connectivity index (χ4n) is 5.71. The van der Waals surface area contributed by atoms with Crippen LogP contribution >= 0.6 is 0 Å². The summed E-state index contributed by atoms with van der Waals surface area (Å²) in [4.78, 5) is 18.2. The van der Waals surface area contributed by atoms with E-state index in [1.54, 1.807) is 13.2 Å². The van der Waals surface area contributed by atoms with Gasteiger partial charge in [-0.1, -0.05) is 18.2 Å². The Kier molecular flexibility index (Phi) is 4.50. The summed E-state index contributed by atoms with van der Waals surface area (Å²) in [6, 6.07) is 14.2. The molecule has 3 unspecified atom stereocenters. The number of likely N-dealkylation sites (tertiary alicyclic amines) is 1. The lowest BCUT2D eigenvalue weighted by molar-refractivity contribution is -0.00341. The number of amides is 1. The topological polar surface area (TPSA) is 53.0 Å². The van der Waals surface area contributed by atoms with E-state index in [0.29, 0.717) is 23.4 Å². The molecule has 2 aromatic carbocycles. The van der Waals surface area contributed by atoms with E-state index in [2.05, 4.69) is 21.9 Å². The third-order valence-corrected chi connectivity index (χ3v) is 7.26. The number of phenolic OH excluding ortho intramolecular Hbond substituents is 1. The third-order valence-electron chi connectivity index (χ3n) is 7.26. The number of aryl methyl sites for hydroxylation is 1. The van der Waals surface area contributed by atoms with E-state index in [-0.39, 0.29) is 17.7 Å². The number of benzene rings is 2. The zero-order valence-corrected chi connectivity index (χ0v) is 17.0. The molecule has 0 aliphatic carbocycles. The number of hydrogen-bond acceptors (Lipinski definition) is 4. The molecule has 2 bridgehead atoms. The molecule has 152 valence electrons. The summed E-state index contributed by atoms with van der Waals surface area (Å²) in [5.41, 5.74) is 2.65. The maximum absolute atomic E-state index is 13.5. The predicted molar refractivity (Wildman–Crippen MR) is 111 cm³/mol. The lowest BCUT2D eigenvalue weighted by Crippen LogP contribution is -2.60. The third kappa shape index (κ3) is 2.99. The zero-order valence-electron chi connectivity index (χ0n) is 17.0. The van der Waals surface area contributed by atoms with Gasteiger partial charge >= 0.3 is 0 Å². The lowest BCUT2D eigenvalue weighted by Gasteiger charge is -2.51. The molecule has 1 amide bonds. The predicted octanol–water partition coefficient (Wildman–Crippen LogP) is 3.41. The molecule has 0 saturated carbocycles. The van der Waals surface area contributed by atoms with Gasteiger partial charge < -0.3 is 14.7 Å². The van der Waals surface area contributed by atoms with Gasteiger partial charge in [0.15, 0.2) is 0 Å². The first-order valence-corrected chi connectivity index (χ1v) is 10.6. The average Bonchev–Trinajstić information content (AvgIpc) is 3.19. The van der Waals surface area contributed by atoms with Crippen molar-refractivity contribution in [2.45, 2.75) is 37.8 Å². The van der Waals surface area contributed by atoms with E-state index >= 15 is 0 Å². The van der Waals surface area contributed by atoms with Gasteiger partial charge in [0, 0.05) is 24.1 Å². The highest BCUT2D eigenvalue weighted by atomic mass is 16.5. The molecule has 4 saturated heterocycles. The molecule has 0 radical (unpaired) electrons. The minimum Gasteiger partial charge on any atom is -0.508 e. The van der Waals surface area contributed by atoms with Gasteiger partial charge in [0.05, 0.1) is 13.2 Å². The van der Waals surface area contributed by atoms with Crippen LogP contribution in [0.2, 0.25) is 0 Å². The molecule has 6 rings (SSSR count). The standard InChI is InChI=1S/C24H28N2O3/c1-15-3-4-18(13-21(15)27)24(28)26-14-20(16-5-7-19(29-2)8-6-16)23-22(26)17-9-11-25(23)12-10-17/h3-8,13,17,20,22-23,27H,9-12,14H2,1-2H3. The maximum atomic E-state index is 13.5. The second-order valence-corrected chi connectivity index (χ2v) is 8.69. The maximum Gasteiger partial charge on any atom is 0.254 e. The minimum absolute atomic E-state index is 0.0417. The van der Waals surface area contributed by atoms with Crippen molar-refractivity contribution < 1.29 is 14.6 Å². The van der Waals surface area contributed by atoms with E-state index in [1.165, 1.54) is 18.4 Å².